The summed E-state index contributed by atoms with van der Waals surface area (Å²) in [7, 11) is 0. The Morgan fingerprint density at radius 1 is 1.11 bits per heavy atom. The van der Waals surface area contributed by atoms with Crippen LogP contribution < -0.4 is 24.8 Å². The summed E-state index contributed by atoms with van der Waals surface area (Å²) in [6, 6.07) is 14.1. The largest absolute Gasteiger partial charge is 0.486 e. The Bertz CT molecular complexity index is 1360. The first-order valence-corrected chi connectivity index (χ1v) is 12.7. The van der Waals surface area contributed by atoms with Crippen molar-refractivity contribution < 1.29 is 19.3 Å². The molecule has 0 radical (unpaired) electrons. The van der Waals surface area contributed by atoms with Gasteiger partial charge in [-0.1, -0.05) is 30.2 Å². The molecule has 6 rings (SSSR count). The summed E-state index contributed by atoms with van der Waals surface area (Å²) in [5.41, 5.74) is 10.5. The van der Waals surface area contributed by atoms with Gasteiger partial charge in [0.25, 0.3) is 0 Å². The molecular formula is C29H30N4O4. The Morgan fingerprint density at radius 3 is 2.73 bits per heavy atom. The molecule has 3 heterocycles. The predicted molar refractivity (Wildman–Crippen MR) is 139 cm³/mol. The van der Waals surface area contributed by atoms with Gasteiger partial charge in [-0.05, 0) is 53.9 Å². The number of piperidine rings is 1. The highest BCUT2D eigenvalue weighted by molar-refractivity contribution is 5.48. The lowest BCUT2D eigenvalue weighted by Gasteiger charge is -2.42. The molecule has 2 aromatic carbocycles. The smallest absolute Gasteiger partial charge is 0.165 e. The minimum atomic E-state index is -0.196. The van der Waals surface area contributed by atoms with E-state index in [0.29, 0.717) is 36.1 Å². The van der Waals surface area contributed by atoms with Gasteiger partial charge in [-0.2, -0.15) is 0 Å². The van der Waals surface area contributed by atoms with Crippen molar-refractivity contribution in [3.63, 3.8) is 0 Å². The summed E-state index contributed by atoms with van der Waals surface area (Å²) in [6.45, 7) is 2.73. The van der Waals surface area contributed by atoms with Crippen LogP contribution in [0.4, 0.5) is 5.82 Å². The van der Waals surface area contributed by atoms with Crippen molar-refractivity contribution >= 4 is 5.82 Å². The van der Waals surface area contributed by atoms with Crippen LogP contribution in [-0.2, 0) is 13.0 Å². The average molecular weight is 499 g/mol. The van der Waals surface area contributed by atoms with Crippen LogP contribution in [0, 0.1) is 17.3 Å². The van der Waals surface area contributed by atoms with Gasteiger partial charge >= 0.3 is 0 Å². The molecule has 3 N–H and O–H groups in total. The summed E-state index contributed by atoms with van der Waals surface area (Å²) in [5.74, 6) is 8.73. The van der Waals surface area contributed by atoms with Crippen LogP contribution in [0.1, 0.15) is 41.4 Å². The molecule has 0 amide bonds. The van der Waals surface area contributed by atoms with E-state index >= 15 is 0 Å². The highest BCUT2D eigenvalue weighted by atomic mass is 16.6. The first kappa shape index (κ1) is 23.6. The molecule has 3 aliphatic rings. The molecule has 8 nitrogen and oxygen atoms in total. The fourth-order valence-electron chi connectivity index (χ4n) is 5.68. The monoisotopic (exact) mass is 498 g/mol. The van der Waals surface area contributed by atoms with Crippen LogP contribution in [0.5, 0.6) is 17.2 Å². The summed E-state index contributed by atoms with van der Waals surface area (Å²) >= 11 is 0. The fraction of sp³-hybridized carbons (Fsp3) is 0.379. The number of nitrogens with zero attached hydrogens (tertiary/aromatic N) is 3. The van der Waals surface area contributed by atoms with Crippen molar-refractivity contribution in [1.82, 2.24) is 9.97 Å². The van der Waals surface area contributed by atoms with E-state index in [4.69, 9.17) is 19.9 Å². The normalized spacial score (nSPS) is 19.2. The number of hydrogen-bond acceptors (Lipinski definition) is 8. The Hall–Kier alpha value is -3.80. The molecule has 1 fully saturated rings. The zero-order chi connectivity index (χ0) is 25.2. The molecule has 3 aromatic rings. The first-order chi connectivity index (χ1) is 18.1. The number of aliphatic hydroxyl groups excluding tert-OH is 1. The van der Waals surface area contributed by atoms with Gasteiger partial charge in [0.1, 0.15) is 37.0 Å². The SMILES string of the molecule is N[C@@H]1c2ccccc2CC12CCN(c1ncc(C#CCOc3ccc4c(c3)OCCO4)nc1CO)CC2. The maximum absolute atomic E-state index is 10.0. The number of aliphatic hydroxyl groups is 1. The second-order valence-corrected chi connectivity index (χ2v) is 9.78. The Balaban J connectivity index is 1.08. The Morgan fingerprint density at radius 2 is 1.92 bits per heavy atom. The van der Waals surface area contributed by atoms with Crippen molar-refractivity contribution in [3.05, 3.63) is 71.2 Å². The van der Waals surface area contributed by atoms with Crippen molar-refractivity contribution in [3.8, 4) is 29.1 Å². The molecule has 1 aromatic heterocycles. The molecule has 1 saturated heterocycles. The highest BCUT2D eigenvalue weighted by Gasteiger charge is 2.46. The molecule has 0 saturated carbocycles. The second kappa shape index (κ2) is 9.92. The van der Waals surface area contributed by atoms with Gasteiger partial charge in [-0.15, -0.1) is 0 Å². The summed E-state index contributed by atoms with van der Waals surface area (Å²) in [5, 5.41) is 10.0. The van der Waals surface area contributed by atoms with Gasteiger partial charge in [0.15, 0.2) is 17.3 Å². The quantitative estimate of drug-likeness (QED) is 0.530. The molecule has 190 valence electrons. The van der Waals surface area contributed by atoms with E-state index in [2.05, 4.69) is 51.0 Å². The lowest BCUT2D eigenvalue weighted by molar-refractivity contribution is 0.170. The van der Waals surface area contributed by atoms with Gasteiger partial charge in [-0.3, -0.25) is 0 Å². The van der Waals surface area contributed by atoms with Crippen LogP contribution in [0.25, 0.3) is 0 Å². The zero-order valence-electron chi connectivity index (χ0n) is 20.7. The standard InChI is InChI=1S/C29H30N4O4/c30-27-23-6-2-1-4-20(23)17-29(27)9-11-33(12-10-29)28-24(19-34)32-21(18-31-28)5-3-13-35-22-7-8-25-26(16-22)37-15-14-36-25/h1-2,4,6-8,16,18,27,34H,9-15,17,19,30H2/t27-/m1/s1. The van der Waals surface area contributed by atoms with Gasteiger partial charge in [0.2, 0.25) is 0 Å². The molecular weight excluding hydrogens is 468 g/mol. The molecule has 1 aliphatic carbocycles. The third kappa shape index (κ3) is 4.57. The maximum atomic E-state index is 10.0. The highest BCUT2D eigenvalue weighted by Crippen LogP contribution is 2.51. The third-order valence-electron chi connectivity index (χ3n) is 7.66. The van der Waals surface area contributed by atoms with Crippen LogP contribution in [0.3, 0.4) is 0 Å². The first-order valence-electron chi connectivity index (χ1n) is 12.7. The number of ether oxygens (including phenoxy) is 3. The molecule has 0 unspecified atom stereocenters. The van der Waals surface area contributed by atoms with Crippen LogP contribution in [-0.4, -0.2) is 48.0 Å². The number of nitrogens with two attached hydrogens (primary N) is 1. The topological polar surface area (TPSA) is 103 Å². The number of rotatable bonds is 4. The predicted octanol–water partition coefficient (Wildman–Crippen LogP) is 3.01. The molecule has 1 atom stereocenters. The molecule has 2 aliphatic heterocycles. The number of benzene rings is 2. The number of anilines is 1. The van der Waals surface area contributed by atoms with E-state index < -0.39 is 0 Å². The minimum absolute atomic E-state index is 0.0660. The number of fused-ring (bicyclic) bond motifs is 2. The Labute approximate surface area is 216 Å². The van der Waals surface area contributed by atoms with E-state index in [1.165, 1.54) is 11.1 Å². The molecule has 1 spiro atoms. The van der Waals surface area contributed by atoms with Gasteiger partial charge in [0, 0.05) is 25.2 Å². The summed E-state index contributed by atoms with van der Waals surface area (Å²) < 4.78 is 16.8. The minimum Gasteiger partial charge on any atom is -0.486 e. The van der Waals surface area contributed by atoms with Crippen molar-refractivity contribution in [2.75, 3.05) is 37.8 Å². The average Bonchev–Trinajstić information content (AvgIpc) is 3.22. The zero-order valence-corrected chi connectivity index (χ0v) is 20.7. The van der Waals surface area contributed by atoms with Gasteiger partial charge in [0.05, 0.1) is 12.8 Å². The van der Waals surface area contributed by atoms with Gasteiger partial charge < -0.3 is 30.0 Å². The lowest BCUT2D eigenvalue weighted by atomic mass is 9.73. The van der Waals surface area contributed by atoms with Crippen molar-refractivity contribution in [1.29, 1.82) is 0 Å². The molecule has 0 bridgehead atoms. The van der Waals surface area contributed by atoms with Crippen LogP contribution >= 0.6 is 0 Å². The van der Waals surface area contributed by atoms with Crippen molar-refractivity contribution in [2.45, 2.75) is 31.9 Å². The van der Waals surface area contributed by atoms with E-state index in [1.807, 2.05) is 12.1 Å². The number of hydrogen-bond donors (Lipinski definition) is 2. The van der Waals surface area contributed by atoms with E-state index in [0.717, 1.165) is 43.9 Å². The maximum Gasteiger partial charge on any atom is 0.165 e. The van der Waals surface area contributed by atoms with Crippen LogP contribution in [0.2, 0.25) is 0 Å². The van der Waals surface area contributed by atoms with E-state index in [1.54, 1.807) is 12.3 Å². The Kier molecular flexibility index (Phi) is 6.33. The summed E-state index contributed by atoms with van der Waals surface area (Å²) in [6.07, 6.45) is 4.65. The molecule has 8 heteroatoms. The van der Waals surface area contributed by atoms with E-state index in [-0.39, 0.29) is 24.7 Å². The number of aromatic nitrogens is 2. The van der Waals surface area contributed by atoms with E-state index in [9.17, 15) is 5.11 Å². The summed E-state index contributed by atoms with van der Waals surface area (Å²) in [4.78, 5) is 11.4. The van der Waals surface area contributed by atoms with Gasteiger partial charge in [-0.25, -0.2) is 9.97 Å². The lowest BCUT2D eigenvalue weighted by Crippen LogP contribution is -2.45. The fourth-order valence-corrected chi connectivity index (χ4v) is 5.68. The van der Waals surface area contributed by atoms with Crippen molar-refractivity contribution in [2.24, 2.45) is 11.1 Å². The second-order valence-electron chi connectivity index (χ2n) is 9.78. The molecule has 37 heavy (non-hydrogen) atoms. The van der Waals surface area contributed by atoms with Crippen LogP contribution in [0.15, 0.2) is 48.7 Å². The third-order valence-corrected chi connectivity index (χ3v) is 7.66.